The van der Waals surface area contributed by atoms with Crippen molar-refractivity contribution >= 4 is 28.4 Å². The molecular formula is C29H35N7O2. The fourth-order valence-electron chi connectivity index (χ4n) is 5.09. The van der Waals surface area contributed by atoms with E-state index < -0.39 is 0 Å². The van der Waals surface area contributed by atoms with Crippen molar-refractivity contribution in [3.63, 3.8) is 0 Å². The van der Waals surface area contributed by atoms with E-state index >= 15 is 0 Å². The van der Waals surface area contributed by atoms with Crippen molar-refractivity contribution in [3.05, 3.63) is 65.7 Å². The predicted octanol–water partition coefficient (Wildman–Crippen LogP) is 4.66. The first-order valence-electron chi connectivity index (χ1n) is 13.2. The molecule has 6 rings (SSSR count). The molecule has 4 aromatic rings. The maximum absolute atomic E-state index is 12.8. The molecule has 198 valence electrons. The van der Waals surface area contributed by atoms with Crippen molar-refractivity contribution < 1.29 is 9.53 Å². The number of aromatic nitrogens is 4. The number of nitrogens with zero attached hydrogens (tertiary/aromatic N) is 5. The molecule has 2 N–H and O–H groups in total. The number of hydrogen-bond donors (Lipinski definition) is 2. The lowest BCUT2D eigenvalue weighted by molar-refractivity contribution is 0.0966. The zero-order valence-corrected chi connectivity index (χ0v) is 22.3. The molecule has 0 atom stereocenters. The Labute approximate surface area is 223 Å². The number of carbonyl (C=O) groups is 1. The molecule has 6 heterocycles. The smallest absolute Gasteiger partial charge is 0.254 e. The molecule has 1 amide bonds. The van der Waals surface area contributed by atoms with Crippen LogP contribution in [0.25, 0.3) is 22.3 Å². The number of nitrogens with one attached hydrogen (secondary N) is 2. The van der Waals surface area contributed by atoms with Gasteiger partial charge in [-0.2, -0.15) is 0 Å². The zero-order valence-electron chi connectivity index (χ0n) is 22.3. The summed E-state index contributed by atoms with van der Waals surface area (Å²) in [6.45, 7) is 6.53. The third kappa shape index (κ3) is 5.39. The molecule has 1 fully saturated rings. The van der Waals surface area contributed by atoms with E-state index in [1.165, 1.54) is 12.8 Å². The first kappa shape index (κ1) is 25.8. The third-order valence-corrected chi connectivity index (χ3v) is 6.92. The molecule has 0 unspecified atom stereocenters. The summed E-state index contributed by atoms with van der Waals surface area (Å²) in [6, 6.07) is 9.99. The number of hydrogen-bond acceptors (Lipinski definition) is 7. The maximum atomic E-state index is 12.8. The Morgan fingerprint density at radius 3 is 2.74 bits per heavy atom. The van der Waals surface area contributed by atoms with E-state index in [-0.39, 0.29) is 5.91 Å². The Hall–Kier alpha value is -3.82. The number of aryl methyl sites for hydroxylation is 1. The number of ether oxygens (including phenoxy) is 1. The summed E-state index contributed by atoms with van der Waals surface area (Å²) in [5.41, 5.74) is 5.90. The topological polar surface area (TPSA) is 97.2 Å². The number of methoxy groups -OCH3 is 1. The highest BCUT2D eigenvalue weighted by atomic mass is 16.5. The predicted molar refractivity (Wildman–Crippen MR) is 149 cm³/mol. The van der Waals surface area contributed by atoms with Gasteiger partial charge < -0.3 is 19.9 Å². The number of pyridine rings is 3. The summed E-state index contributed by atoms with van der Waals surface area (Å²) in [5.74, 6) is 0.625. The van der Waals surface area contributed by atoms with Crippen LogP contribution in [0.4, 0.5) is 11.5 Å². The van der Waals surface area contributed by atoms with E-state index in [1.807, 2.05) is 42.1 Å². The van der Waals surface area contributed by atoms with E-state index in [4.69, 9.17) is 14.7 Å². The van der Waals surface area contributed by atoms with Crippen molar-refractivity contribution in [3.8, 4) is 11.3 Å². The van der Waals surface area contributed by atoms with Crippen LogP contribution in [-0.4, -0.2) is 57.1 Å². The summed E-state index contributed by atoms with van der Waals surface area (Å²) in [7, 11) is 3.68. The van der Waals surface area contributed by atoms with Crippen molar-refractivity contribution in [2.45, 2.75) is 39.3 Å². The van der Waals surface area contributed by atoms with E-state index in [0.717, 1.165) is 72.0 Å². The number of anilines is 2. The lowest BCUT2D eigenvalue weighted by Gasteiger charge is -2.16. The largest absolute Gasteiger partial charge is 0.385 e. The molecule has 0 aliphatic carbocycles. The standard InChI is InChI=1S/C25H25N7O.C4H10O/c1-31-12-8-18-17(7-9-26-24(18)31)23-19-13-28-25(33)22(19)20(14-27-23)30-21-6-4-5-16(29-21)15-32-10-2-3-11-32;1-3-4-5-2/h4-9,12,14H,2-3,10-11,13,15H2,1H3,(H,28,33)(H,29,30);3-4H2,1-2H3. The van der Waals surface area contributed by atoms with E-state index in [1.54, 1.807) is 19.5 Å². The number of fused-ring (bicyclic) bond motifs is 2. The summed E-state index contributed by atoms with van der Waals surface area (Å²) < 4.78 is 6.68. The number of likely N-dealkylation sites (tertiary alicyclic amines) is 1. The second kappa shape index (κ2) is 11.7. The van der Waals surface area contributed by atoms with Gasteiger partial charge in [-0.3, -0.25) is 14.7 Å². The molecule has 4 aromatic heterocycles. The monoisotopic (exact) mass is 513 g/mol. The molecular weight excluding hydrogens is 478 g/mol. The molecule has 9 nitrogen and oxygen atoms in total. The summed E-state index contributed by atoms with van der Waals surface area (Å²) in [4.78, 5) is 29.3. The van der Waals surface area contributed by atoms with Crippen molar-refractivity contribution in [1.29, 1.82) is 0 Å². The maximum Gasteiger partial charge on any atom is 0.254 e. The van der Waals surface area contributed by atoms with Gasteiger partial charge in [0.15, 0.2) is 0 Å². The van der Waals surface area contributed by atoms with Gasteiger partial charge in [-0.1, -0.05) is 13.0 Å². The molecule has 1 saturated heterocycles. The molecule has 0 aromatic carbocycles. The lowest BCUT2D eigenvalue weighted by Crippen LogP contribution is -2.19. The van der Waals surface area contributed by atoms with E-state index in [9.17, 15) is 4.79 Å². The Morgan fingerprint density at radius 1 is 1.13 bits per heavy atom. The quantitative estimate of drug-likeness (QED) is 0.371. The second-order valence-corrected chi connectivity index (χ2v) is 9.69. The molecule has 0 saturated carbocycles. The van der Waals surface area contributed by atoms with Crippen LogP contribution in [0.2, 0.25) is 0 Å². The van der Waals surface area contributed by atoms with Crippen LogP contribution >= 0.6 is 0 Å². The molecule has 0 radical (unpaired) electrons. The second-order valence-electron chi connectivity index (χ2n) is 9.69. The van der Waals surface area contributed by atoms with Crippen LogP contribution in [-0.2, 0) is 24.9 Å². The minimum Gasteiger partial charge on any atom is -0.385 e. The van der Waals surface area contributed by atoms with E-state index in [0.29, 0.717) is 17.8 Å². The average Bonchev–Trinajstić information content (AvgIpc) is 3.67. The average molecular weight is 514 g/mol. The molecule has 0 bridgehead atoms. The van der Waals surface area contributed by atoms with Crippen molar-refractivity contribution in [2.75, 3.05) is 32.1 Å². The Bertz CT molecular complexity index is 1420. The van der Waals surface area contributed by atoms with Crippen LogP contribution in [0.5, 0.6) is 0 Å². The first-order valence-corrected chi connectivity index (χ1v) is 13.2. The molecule has 0 spiro atoms. The van der Waals surface area contributed by atoms with Crippen molar-refractivity contribution in [2.24, 2.45) is 7.05 Å². The van der Waals surface area contributed by atoms with Gasteiger partial charge in [0.1, 0.15) is 11.5 Å². The van der Waals surface area contributed by atoms with Gasteiger partial charge in [0.05, 0.1) is 28.8 Å². The Balaban J connectivity index is 0.000000540. The minimum atomic E-state index is -0.0947. The fourth-order valence-corrected chi connectivity index (χ4v) is 5.09. The fraction of sp³-hybridized carbons (Fsp3) is 0.379. The highest BCUT2D eigenvalue weighted by Gasteiger charge is 2.28. The van der Waals surface area contributed by atoms with Gasteiger partial charge in [0.25, 0.3) is 5.91 Å². The lowest BCUT2D eigenvalue weighted by atomic mass is 10.0. The zero-order chi connectivity index (χ0) is 26.5. The number of amides is 1. The number of rotatable bonds is 7. The Morgan fingerprint density at radius 2 is 1.97 bits per heavy atom. The van der Waals surface area contributed by atoms with Crippen LogP contribution < -0.4 is 10.6 Å². The molecule has 2 aliphatic rings. The first-order chi connectivity index (χ1) is 18.6. The van der Waals surface area contributed by atoms with Gasteiger partial charge in [0.2, 0.25) is 0 Å². The molecule has 38 heavy (non-hydrogen) atoms. The van der Waals surface area contributed by atoms with Gasteiger partial charge in [0, 0.05) is 62.8 Å². The van der Waals surface area contributed by atoms with Gasteiger partial charge in [-0.05, 0) is 56.6 Å². The highest BCUT2D eigenvalue weighted by Crippen LogP contribution is 2.35. The van der Waals surface area contributed by atoms with Gasteiger partial charge >= 0.3 is 0 Å². The summed E-state index contributed by atoms with van der Waals surface area (Å²) in [6.07, 6.45) is 9.15. The summed E-state index contributed by atoms with van der Waals surface area (Å²) in [5, 5.41) is 7.34. The summed E-state index contributed by atoms with van der Waals surface area (Å²) >= 11 is 0. The third-order valence-electron chi connectivity index (χ3n) is 6.92. The van der Waals surface area contributed by atoms with E-state index in [2.05, 4.69) is 33.5 Å². The van der Waals surface area contributed by atoms with Crippen LogP contribution in [0.15, 0.2) is 48.9 Å². The van der Waals surface area contributed by atoms with Crippen LogP contribution in [0.1, 0.15) is 47.8 Å². The van der Waals surface area contributed by atoms with Crippen molar-refractivity contribution in [1.82, 2.24) is 29.7 Å². The minimum absolute atomic E-state index is 0.0947. The van der Waals surface area contributed by atoms with Gasteiger partial charge in [-0.15, -0.1) is 0 Å². The van der Waals surface area contributed by atoms with Crippen LogP contribution in [0, 0.1) is 0 Å². The molecule has 2 aliphatic heterocycles. The highest BCUT2D eigenvalue weighted by molar-refractivity contribution is 6.06. The van der Waals surface area contributed by atoms with Crippen LogP contribution in [0.3, 0.4) is 0 Å². The van der Waals surface area contributed by atoms with Gasteiger partial charge in [-0.25, -0.2) is 9.97 Å². The SMILES string of the molecule is CCCOC.Cn1ccc2c(-c3ncc(Nc4cccc(CN5CCCC5)n4)c4c3CNC4=O)ccnc21. The number of carbonyl (C=O) groups excluding carboxylic acids is 1. The molecule has 9 heteroatoms. The Kier molecular flexibility index (Phi) is 7.95. The normalized spacial score (nSPS) is 14.8.